The predicted molar refractivity (Wildman–Crippen MR) is 81.9 cm³/mol. The van der Waals surface area contributed by atoms with Crippen LogP contribution in [0.4, 0.5) is 8.78 Å². The molecule has 5 nitrogen and oxygen atoms in total. The van der Waals surface area contributed by atoms with Gasteiger partial charge in [0.15, 0.2) is 0 Å². The van der Waals surface area contributed by atoms with Crippen LogP contribution in [-0.2, 0) is 4.79 Å². The van der Waals surface area contributed by atoms with Gasteiger partial charge >= 0.3 is 0 Å². The molecule has 1 heterocycles. The van der Waals surface area contributed by atoms with Crippen LogP contribution in [0, 0.1) is 17.6 Å². The first-order valence-electron chi connectivity index (χ1n) is 7.61. The van der Waals surface area contributed by atoms with E-state index in [0.717, 1.165) is 12.1 Å². The van der Waals surface area contributed by atoms with Gasteiger partial charge in [0, 0.05) is 44.7 Å². The van der Waals surface area contributed by atoms with E-state index in [1.807, 2.05) is 6.92 Å². The molecule has 1 fully saturated rings. The van der Waals surface area contributed by atoms with Crippen LogP contribution in [0.1, 0.15) is 17.3 Å². The number of piperazine rings is 1. The lowest BCUT2D eigenvalue weighted by atomic mass is 10.1. The summed E-state index contributed by atoms with van der Waals surface area (Å²) < 4.78 is 26.6. The Morgan fingerprint density at radius 3 is 2.35 bits per heavy atom. The highest BCUT2D eigenvalue weighted by molar-refractivity contribution is 5.94. The maximum atomic E-state index is 13.7. The summed E-state index contributed by atoms with van der Waals surface area (Å²) in [5.74, 6) is -2.14. The second-order valence-electron chi connectivity index (χ2n) is 5.70. The van der Waals surface area contributed by atoms with E-state index in [1.54, 1.807) is 11.9 Å². The van der Waals surface area contributed by atoms with Crippen LogP contribution in [0.5, 0.6) is 0 Å². The second kappa shape index (κ2) is 7.50. The summed E-state index contributed by atoms with van der Waals surface area (Å²) in [6.07, 6.45) is 0. The normalized spacial score (nSPS) is 16.3. The first-order chi connectivity index (χ1) is 10.9. The molecule has 0 aliphatic carbocycles. The fourth-order valence-corrected chi connectivity index (χ4v) is 2.67. The minimum Gasteiger partial charge on any atom is -0.339 e. The van der Waals surface area contributed by atoms with Crippen molar-refractivity contribution in [2.45, 2.75) is 6.92 Å². The lowest BCUT2D eigenvalue weighted by molar-refractivity contribution is -0.136. The Bertz CT molecular complexity index is 587. The molecule has 1 aliphatic rings. The molecule has 1 atom stereocenters. The summed E-state index contributed by atoms with van der Waals surface area (Å²) in [6.45, 7) is 3.97. The molecule has 1 aliphatic heterocycles. The van der Waals surface area contributed by atoms with Crippen molar-refractivity contribution in [3.63, 3.8) is 0 Å². The number of hydrogen-bond acceptors (Lipinski definition) is 3. The van der Waals surface area contributed by atoms with E-state index in [0.29, 0.717) is 38.8 Å². The summed E-state index contributed by atoms with van der Waals surface area (Å²) in [4.78, 5) is 27.7. The van der Waals surface area contributed by atoms with Crippen LogP contribution in [0.15, 0.2) is 18.2 Å². The quantitative estimate of drug-likeness (QED) is 0.902. The number of carbonyl (C=O) groups excluding carboxylic acids is 2. The van der Waals surface area contributed by atoms with Gasteiger partial charge in [-0.05, 0) is 19.2 Å². The van der Waals surface area contributed by atoms with Gasteiger partial charge in [0.25, 0.3) is 5.91 Å². The molecule has 1 unspecified atom stereocenters. The predicted octanol–water partition coefficient (Wildman–Crippen LogP) is 1.10. The smallest absolute Gasteiger partial charge is 0.256 e. The molecule has 126 valence electrons. The minimum absolute atomic E-state index is 0.0411. The lowest BCUT2D eigenvalue weighted by Gasteiger charge is -2.36. The van der Waals surface area contributed by atoms with Crippen LogP contribution in [0.3, 0.4) is 0 Å². The van der Waals surface area contributed by atoms with Gasteiger partial charge in [0.2, 0.25) is 5.91 Å². The van der Waals surface area contributed by atoms with Crippen LogP contribution in [0.25, 0.3) is 0 Å². The molecule has 0 saturated carbocycles. The van der Waals surface area contributed by atoms with E-state index in [2.05, 4.69) is 5.32 Å². The van der Waals surface area contributed by atoms with E-state index in [-0.39, 0.29) is 17.4 Å². The van der Waals surface area contributed by atoms with E-state index >= 15 is 0 Å². The number of amides is 2. The van der Waals surface area contributed by atoms with Gasteiger partial charge in [-0.3, -0.25) is 9.59 Å². The van der Waals surface area contributed by atoms with Gasteiger partial charge in [-0.15, -0.1) is 0 Å². The highest BCUT2D eigenvalue weighted by Crippen LogP contribution is 2.15. The van der Waals surface area contributed by atoms with Crippen LogP contribution >= 0.6 is 0 Å². The molecular formula is C16H21F2N3O2. The summed E-state index contributed by atoms with van der Waals surface area (Å²) in [5, 5.41) is 2.96. The molecule has 0 bridgehead atoms. The number of nitrogens with one attached hydrogen (secondary N) is 1. The lowest BCUT2D eigenvalue weighted by Crippen LogP contribution is -2.52. The average molecular weight is 325 g/mol. The highest BCUT2D eigenvalue weighted by atomic mass is 19.1. The van der Waals surface area contributed by atoms with Crippen molar-refractivity contribution in [3.8, 4) is 0 Å². The molecule has 0 aromatic heterocycles. The zero-order chi connectivity index (χ0) is 17.0. The molecule has 23 heavy (non-hydrogen) atoms. The fourth-order valence-electron chi connectivity index (χ4n) is 2.67. The zero-order valence-corrected chi connectivity index (χ0v) is 13.3. The standard InChI is InChI=1S/C16H21F2N3O2/c1-11(10-19-2)15(22)20-5-7-21(8-6-20)16(23)13-4-3-12(17)9-14(13)18/h3-4,9,11,19H,5-8,10H2,1-2H3. The topological polar surface area (TPSA) is 52.7 Å². The monoisotopic (exact) mass is 325 g/mol. The van der Waals surface area contributed by atoms with Crippen molar-refractivity contribution in [3.05, 3.63) is 35.4 Å². The molecule has 1 saturated heterocycles. The van der Waals surface area contributed by atoms with E-state index in [4.69, 9.17) is 0 Å². The molecule has 1 aromatic carbocycles. The van der Waals surface area contributed by atoms with Crippen molar-refractivity contribution < 1.29 is 18.4 Å². The number of rotatable bonds is 4. The zero-order valence-electron chi connectivity index (χ0n) is 13.3. The van der Waals surface area contributed by atoms with Crippen molar-refractivity contribution in [1.29, 1.82) is 0 Å². The largest absolute Gasteiger partial charge is 0.339 e. The number of benzene rings is 1. The maximum Gasteiger partial charge on any atom is 0.256 e. The first-order valence-corrected chi connectivity index (χ1v) is 7.61. The third-order valence-corrected chi connectivity index (χ3v) is 3.97. The first kappa shape index (κ1) is 17.3. The molecule has 7 heteroatoms. The Morgan fingerprint density at radius 1 is 1.17 bits per heavy atom. The fraction of sp³-hybridized carbons (Fsp3) is 0.500. The number of halogens is 2. The average Bonchev–Trinajstić information content (AvgIpc) is 2.54. The SMILES string of the molecule is CNCC(C)C(=O)N1CCN(C(=O)c2ccc(F)cc2F)CC1. The Hall–Kier alpha value is -2.02. The van der Waals surface area contributed by atoms with Crippen molar-refractivity contribution >= 4 is 11.8 Å². The Kier molecular flexibility index (Phi) is 5.65. The summed E-state index contributed by atoms with van der Waals surface area (Å²) in [5.41, 5.74) is -0.144. The number of nitrogens with zero attached hydrogens (tertiary/aromatic N) is 2. The summed E-state index contributed by atoms with van der Waals surface area (Å²) >= 11 is 0. The minimum atomic E-state index is -0.865. The Balaban J connectivity index is 1.96. The van der Waals surface area contributed by atoms with Crippen molar-refractivity contribution in [1.82, 2.24) is 15.1 Å². The van der Waals surface area contributed by atoms with Crippen LogP contribution in [-0.4, -0.2) is 61.4 Å². The van der Waals surface area contributed by atoms with Gasteiger partial charge in [-0.1, -0.05) is 6.92 Å². The molecule has 2 amide bonds. The van der Waals surface area contributed by atoms with E-state index < -0.39 is 17.5 Å². The van der Waals surface area contributed by atoms with E-state index in [9.17, 15) is 18.4 Å². The maximum absolute atomic E-state index is 13.7. The van der Waals surface area contributed by atoms with Crippen LogP contribution in [0.2, 0.25) is 0 Å². The molecule has 1 N–H and O–H groups in total. The van der Waals surface area contributed by atoms with Crippen molar-refractivity contribution in [2.24, 2.45) is 5.92 Å². The van der Waals surface area contributed by atoms with Gasteiger partial charge in [-0.25, -0.2) is 8.78 Å². The Morgan fingerprint density at radius 2 is 1.78 bits per heavy atom. The van der Waals surface area contributed by atoms with E-state index in [1.165, 1.54) is 4.90 Å². The summed E-state index contributed by atoms with van der Waals surface area (Å²) in [7, 11) is 1.79. The molecular weight excluding hydrogens is 304 g/mol. The Labute approximate surface area is 134 Å². The second-order valence-corrected chi connectivity index (χ2v) is 5.70. The molecule has 0 spiro atoms. The molecule has 0 radical (unpaired) electrons. The van der Waals surface area contributed by atoms with Crippen molar-refractivity contribution in [2.75, 3.05) is 39.8 Å². The van der Waals surface area contributed by atoms with Gasteiger partial charge in [0.1, 0.15) is 11.6 Å². The molecule has 1 aromatic rings. The number of carbonyl (C=O) groups is 2. The highest BCUT2D eigenvalue weighted by Gasteiger charge is 2.28. The third-order valence-electron chi connectivity index (χ3n) is 3.97. The van der Waals surface area contributed by atoms with Gasteiger partial charge < -0.3 is 15.1 Å². The van der Waals surface area contributed by atoms with Gasteiger partial charge in [0.05, 0.1) is 5.56 Å². The van der Waals surface area contributed by atoms with Gasteiger partial charge in [-0.2, -0.15) is 0 Å². The molecule has 2 rings (SSSR count). The number of hydrogen-bond donors (Lipinski definition) is 1. The van der Waals surface area contributed by atoms with Crippen LogP contribution < -0.4 is 5.32 Å². The third kappa shape index (κ3) is 4.04. The summed E-state index contributed by atoms with van der Waals surface area (Å²) in [6, 6.07) is 2.92.